The highest BCUT2D eigenvalue weighted by Gasteiger charge is 2.12. The highest BCUT2D eigenvalue weighted by molar-refractivity contribution is 7.09. The van der Waals surface area contributed by atoms with Crippen molar-refractivity contribution in [1.29, 1.82) is 0 Å². The SMILES string of the molecule is CCc1ccccc1NC(=O)c1ncsc1C. The van der Waals surface area contributed by atoms with E-state index < -0.39 is 0 Å². The van der Waals surface area contributed by atoms with E-state index in [1.165, 1.54) is 11.3 Å². The van der Waals surface area contributed by atoms with Crippen LogP contribution in [0.4, 0.5) is 5.69 Å². The van der Waals surface area contributed by atoms with Crippen molar-refractivity contribution in [1.82, 2.24) is 4.98 Å². The number of para-hydroxylation sites is 1. The first-order chi connectivity index (χ1) is 8.22. The maximum atomic E-state index is 12.0. The molecule has 17 heavy (non-hydrogen) atoms. The summed E-state index contributed by atoms with van der Waals surface area (Å²) in [6.07, 6.45) is 0.895. The molecule has 0 saturated heterocycles. The summed E-state index contributed by atoms with van der Waals surface area (Å²) < 4.78 is 0. The van der Waals surface area contributed by atoms with Gasteiger partial charge in [0.1, 0.15) is 5.69 Å². The first-order valence-corrected chi connectivity index (χ1v) is 6.39. The Morgan fingerprint density at radius 2 is 2.18 bits per heavy atom. The van der Waals surface area contributed by atoms with Gasteiger partial charge in [0.25, 0.3) is 5.91 Å². The summed E-state index contributed by atoms with van der Waals surface area (Å²) in [5, 5.41) is 2.91. The van der Waals surface area contributed by atoms with Gasteiger partial charge >= 0.3 is 0 Å². The highest BCUT2D eigenvalue weighted by Crippen LogP contribution is 2.18. The fourth-order valence-corrected chi connectivity index (χ4v) is 2.23. The number of hydrogen-bond acceptors (Lipinski definition) is 3. The lowest BCUT2D eigenvalue weighted by atomic mass is 10.1. The molecule has 0 radical (unpaired) electrons. The van der Waals surface area contributed by atoms with E-state index in [4.69, 9.17) is 0 Å². The average Bonchev–Trinajstić information content (AvgIpc) is 2.76. The molecule has 1 aromatic carbocycles. The predicted octanol–water partition coefficient (Wildman–Crippen LogP) is 3.27. The van der Waals surface area contributed by atoms with Crippen LogP contribution in [0.2, 0.25) is 0 Å². The molecule has 2 rings (SSSR count). The maximum absolute atomic E-state index is 12.0. The summed E-state index contributed by atoms with van der Waals surface area (Å²) in [4.78, 5) is 17.0. The number of anilines is 1. The van der Waals surface area contributed by atoms with Crippen LogP contribution in [0, 0.1) is 6.92 Å². The van der Waals surface area contributed by atoms with Crippen LogP contribution in [0.25, 0.3) is 0 Å². The Labute approximate surface area is 105 Å². The van der Waals surface area contributed by atoms with Crippen LogP contribution in [-0.2, 0) is 6.42 Å². The molecule has 1 aromatic heterocycles. The largest absolute Gasteiger partial charge is 0.320 e. The lowest BCUT2D eigenvalue weighted by Gasteiger charge is -2.08. The number of rotatable bonds is 3. The van der Waals surface area contributed by atoms with Crippen molar-refractivity contribution in [3.8, 4) is 0 Å². The topological polar surface area (TPSA) is 42.0 Å². The number of carbonyl (C=O) groups excluding carboxylic acids is 1. The van der Waals surface area contributed by atoms with E-state index in [1.54, 1.807) is 5.51 Å². The van der Waals surface area contributed by atoms with Crippen molar-refractivity contribution < 1.29 is 4.79 Å². The summed E-state index contributed by atoms with van der Waals surface area (Å²) in [5.41, 5.74) is 4.21. The zero-order valence-electron chi connectivity index (χ0n) is 9.86. The molecule has 0 fully saturated rings. The Bertz CT molecular complexity index is 534. The Kier molecular flexibility index (Phi) is 3.54. The second-order valence-corrected chi connectivity index (χ2v) is 4.78. The third-order valence-corrected chi connectivity index (χ3v) is 3.36. The molecule has 4 heteroatoms. The van der Waals surface area contributed by atoms with Crippen LogP contribution in [0.1, 0.15) is 27.9 Å². The first kappa shape index (κ1) is 11.8. The molecule has 0 saturated carbocycles. The second-order valence-electron chi connectivity index (χ2n) is 3.72. The molecule has 0 bridgehead atoms. The second kappa shape index (κ2) is 5.10. The Morgan fingerprint density at radius 3 is 2.82 bits per heavy atom. The van der Waals surface area contributed by atoms with Gasteiger partial charge in [-0.2, -0.15) is 0 Å². The third kappa shape index (κ3) is 2.53. The number of thiazole rings is 1. The molecule has 1 N–H and O–H groups in total. The monoisotopic (exact) mass is 246 g/mol. The normalized spacial score (nSPS) is 10.2. The number of benzene rings is 1. The summed E-state index contributed by atoms with van der Waals surface area (Å²) in [6, 6.07) is 7.83. The zero-order chi connectivity index (χ0) is 12.3. The Balaban J connectivity index is 2.22. The molecule has 0 aliphatic carbocycles. The molecule has 0 aliphatic heterocycles. The van der Waals surface area contributed by atoms with Gasteiger partial charge in [0.2, 0.25) is 0 Å². The van der Waals surface area contributed by atoms with E-state index in [1.807, 2.05) is 31.2 Å². The maximum Gasteiger partial charge on any atom is 0.275 e. The van der Waals surface area contributed by atoms with Gasteiger partial charge in [-0.3, -0.25) is 4.79 Å². The molecule has 1 amide bonds. The standard InChI is InChI=1S/C13H14N2OS/c1-3-10-6-4-5-7-11(10)15-13(16)12-9(2)17-8-14-12/h4-8H,3H2,1-2H3,(H,15,16). The molecule has 0 spiro atoms. The van der Waals surface area contributed by atoms with Gasteiger partial charge in [-0.1, -0.05) is 25.1 Å². The van der Waals surface area contributed by atoms with Crippen LogP contribution in [0.5, 0.6) is 0 Å². The molecular weight excluding hydrogens is 232 g/mol. The van der Waals surface area contributed by atoms with Crippen molar-refractivity contribution in [2.45, 2.75) is 20.3 Å². The van der Waals surface area contributed by atoms with E-state index in [-0.39, 0.29) is 5.91 Å². The Hall–Kier alpha value is -1.68. The first-order valence-electron chi connectivity index (χ1n) is 5.51. The predicted molar refractivity (Wildman–Crippen MR) is 70.6 cm³/mol. The number of hydrogen-bond donors (Lipinski definition) is 1. The van der Waals surface area contributed by atoms with Crippen molar-refractivity contribution >= 4 is 22.9 Å². The van der Waals surface area contributed by atoms with E-state index in [2.05, 4.69) is 17.2 Å². The van der Waals surface area contributed by atoms with Crippen LogP contribution in [0.3, 0.4) is 0 Å². The van der Waals surface area contributed by atoms with Crippen molar-refractivity contribution in [3.63, 3.8) is 0 Å². The van der Waals surface area contributed by atoms with Crippen molar-refractivity contribution in [2.75, 3.05) is 5.32 Å². The van der Waals surface area contributed by atoms with E-state index in [0.717, 1.165) is 22.5 Å². The zero-order valence-corrected chi connectivity index (χ0v) is 10.7. The van der Waals surface area contributed by atoms with Gasteiger partial charge in [0.05, 0.1) is 5.51 Å². The number of nitrogens with one attached hydrogen (secondary N) is 1. The molecule has 88 valence electrons. The highest BCUT2D eigenvalue weighted by atomic mass is 32.1. The number of amides is 1. The minimum absolute atomic E-state index is 0.135. The average molecular weight is 246 g/mol. The number of aromatic nitrogens is 1. The van der Waals surface area contributed by atoms with E-state index in [0.29, 0.717) is 5.69 Å². The summed E-state index contributed by atoms with van der Waals surface area (Å²) in [6.45, 7) is 3.97. The van der Waals surface area contributed by atoms with Gasteiger partial charge < -0.3 is 5.32 Å². The number of aryl methyl sites for hydroxylation is 2. The molecule has 0 aliphatic rings. The molecule has 0 unspecified atom stereocenters. The molecular formula is C13H14N2OS. The Morgan fingerprint density at radius 1 is 1.41 bits per heavy atom. The molecule has 0 atom stereocenters. The lowest BCUT2D eigenvalue weighted by molar-refractivity contribution is 0.102. The fraction of sp³-hybridized carbons (Fsp3) is 0.231. The lowest BCUT2D eigenvalue weighted by Crippen LogP contribution is -2.14. The minimum atomic E-state index is -0.135. The van der Waals surface area contributed by atoms with Gasteiger partial charge in [-0.25, -0.2) is 4.98 Å². The number of nitrogens with zero attached hydrogens (tertiary/aromatic N) is 1. The van der Waals surface area contributed by atoms with Gasteiger partial charge in [-0.05, 0) is 25.0 Å². The summed E-state index contributed by atoms with van der Waals surface area (Å²) in [5.74, 6) is -0.135. The van der Waals surface area contributed by atoms with Crippen LogP contribution >= 0.6 is 11.3 Å². The smallest absolute Gasteiger partial charge is 0.275 e. The van der Waals surface area contributed by atoms with Crippen LogP contribution in [0.15, 0.2) is 29.8 Å². The van der Waals surface area contributed by atoms with Gasteiger partial charge in [0, 0.05) is 10.6 Å². The molecule has 2 aromatic rings. The molecule has 1 heterocycles. The van der Waals surface area contributed by atoms with E-state index >= 15 is 0 Å². The van der Waals surface area contributed by atoms with Crippen molar-refractivity contribution in [2.24, 2.45) is 0 Å². The number of carbonyl (C=O) groups is 1. The van der Waals surface area contributed by atoms with Crippen LogP contribution < -0.4 is 5.32 Å². The van der Waals surface area contributed by atoms with Gasteiger partial charge in [-0.15, -0.1) is 11.3 Å². The van der Waals surface area contributed by atoms with Crippen LogP contribution in [-0.4, -0.2) is 10.9 Å². The van der Waals surface area contributed by atoms with Gasteiger partial charge in [0.15, 0.2) is 0 Å². The van der Waals surface area contributed by atoms with Crippen molar-refractivity contribution in [3.05, 3.63) is 45.9 Å². The summed E-state index contributed by atoms with van der Waals surface area (Å²) >= 11 is 1.48. The quantitative estimate of drug-likeness (QED) is 0.903. The summed E-state index contributed by atoms with van der Waals surface area (Å²) in [7, 11) is 0. The van der Waals surface area contributed by atoms with E-state index in [9.17, 15) is 4.79 Å². The molecule has 3 nitrogen and oxygen atoms in total. The fourth-order valence-electron chi connectivity index (χ4n) is 1.66. The third-order valence-electron chi connectivity index (χ3n) is 2.61. The minimum Gasteiger partial charge on any atom is -0.320 e.